The lowest BCUT2D eigenvalue weighted by molar-refractivity contribution is -0.0234. The van der Waals surface area contributed by atoms with Crippen LogP contribution in [0.4, 0.5) is 0 Å². The van der Waals surface area contributed by atoms with Gasteiger partial charge in [-0.15, -0.1) is 0 Å². The fourth-order valence-corrected chi connectivity index (χ4v) is 3.79. The van der Waals surface area contributed by atoms with Gasteiger partial charge >= 0.3 is 5.97 Å². The molecule has 1 aliphatic heterocycles. The van der Waals surface area contributed by atoms with Crippen molar-refractivity contribution in [3.63, 3.8) is 0 Å². The third-order valence-electron chi connectivity index (χ3n) is 3.24. The van der Waals surface area contributed by atoms with Crippen molar-refractivity contribution < 1.29 is 27.5 Å². The molecule has 0 saturated carbocycles. The zero-order chi connectivity index (χ0) is 14.9. The summed E-state index contributed by atoms with van der Waals surface area (Å²) < 4.78 is 36.7. The Labute approximate surface area is 117 Å². The summed E-state index contributed by atoms with van der Waals surface area (Å²) in [5.41, 5.74) is 0. The first kappa shape index (κ1) is 15.0. The monoisotopic (exact) mass is 303 g/mol. The van der Waals surface area contributed by atoms with Gasteiger partial charge in [0.05, 0.1) is 12.7 Å². The number of aromatic carboxylic acids is 1. The molecule has 2 unspecified atom stereocenters. The highest BCUT2D eigenvalue weighted by Crippen LogP contribution is 2.25. The van der Waals surface area contributed by atoms with E-state index in [0.29, 0.717) is 13.0 Å². The maximum atomic E-state index is 12.5. The van der Waals surface area contributed by atoms with Crippen molar-refractivity contribution in [3.8, 4) is 0 Å². The Morgan fingerprint density at radius 1 is 1.50 bits per heavy atom. The highest BCUT2D eigenvalue weighted by molar-refractivity contribution is 7.89. The molecule has 20 heavy (non-hydrogen) atoms. The summed E-state index contributed by atoms with van der Waals surface area (Å²) in [6.07, 6.45) is 0.403. The Kier molecular flexibility index (Phi) is 4.17. The van der Waals surface area contributed by atoms with Crippen molar-refractivity contribution in [2.45, 2.75) is 37.5 Å². The van der Waals surface area contributed by atoms with E-state index in [4.69, 9.17) is 14.3 Å². The highest BCUT2D eigenvalue weighted by atomic mass is 32.2. The molecule has 112 valence electrons. The van der Waals surface area contributed by atoms with E-state index in [1.807, 2.05) is 6.92 Å². The third kappa shape index (κ3) is 2.72. The fraction of sp³-hybridized carbons (Fsp3) is 0.583. The summed E-state index contributed by atoms with van der Waals surface area (Å²) >= 11 is 0. The molecule has 0 amide bonds. The number of carboxylic acid groups (broad SMARTS) is 1. The van der Waals surface area contributed by atoms with Crippen molar-refractivity contribution in [1.29, 1.82) is 0 Å². The average molecular weight is 303 g/mol. The van der Waals surface area contributed by atoms with Gasteiger partial charge in [0.15, 0.2) is 0 Å². The van der Waals surface area contributed by atoms with E-state index in [9.17, 15) is 13.2 Å². The summed E-state index contributed by atoms with van der Waals surface area (Å²) in [6, 6.07) is 2.04. The predicted molar refractivity (Wildman–Crippen MR) is 69.1 cm³/mol. The van der Waals surface area contributed by atoms with Crippen LogP contribution in [0.15, 0.2) is 21.6 Å². The SMILES string of the molecule is CCC1COC(C)CN1S(=O)(=O)c1ccc(C(=O)O)o1. The molecule has 1 N–H and O–H groups in total. The first-order valence-electron chi connectivity index (χ1n) is 6.32. The maximum absolute atomic E-state index is 12.5. The number of carboxylic acids is 1. The molecule has 2 heterocycles. The van der Waals surface area contributed by atoms with Gasteiger partial charge in [0, 0.05) is 12.6 Å². The van der Waals surface area contributed by atoms with Gasteiger partial charge in [0.1, 0.15) is 0 Å². The molecule has 2 rings (SSSR count). The van der Waals surface area contributed by atoms with E-state index in [0.717, 1.165) is 6.07 Å². The van der Waals surface area contributed by atoms with E-state index in [1.54, 1.807) is 6.92 Å². The molecule has 1 aromatic heterocycles. The molecule has 0 spiro atoms. The van der Waals surface area contributed by atoms with Gasteiger partial charge in [-0.1, -0.05) is 6.92 Å². The lowest BCUT2D eigenvalue weighted by Crippen LogP contribution is -2.51. The average Bonchev–Trinajstić information content (AvgIpc) is 2.89. The van der Waals surface area contributed by atoms with Crippen molar-refractivity contribution in [2.24, 2.45) is 0 Å². The second-order valence-electron chi connectivity index (χ2n) is 4.70. The molecule has 8 heteroatoms. The van der Waals surface area contributed by atoms with Gasteiger partial charge in [0.25, 0.3) is 10.0 Å². The molecule has 0 bridgehead atoms. The van der Waals surface area contributed by atoms with Gasteiger partial charge in [-0.2, -0.15) is 4.31 Å². The molecular formula is C12H17NO6S. The summed E-state index contributed by atoms with van der Waals surface area (Å²) in [4.78, 5) is 10.8. The quantitative estimate of drug-likeness (QED) is 0.896. The number of nitrogens with zero attached hydrogens (tertiary/aromatic N) is 1. The Balaban J connectivity index is 2.33. The largest absolute Gasteiger partial charge is 0.475 e. The normalized spacial score (nSPS) is 24.7. The van der Waals surface area contributed by atoms with Crippen LogP contribution in [0.5, 0.6) is 0 Å². The van der Waals surface area contributed by atoms with Crippen LogP contribution in [0.2, 0.25) is 0 Å². The Hall–Kier alpha value is -1.38. The third-order valence-corrected chi connectivity index (χ3v) is 5.04. The molecule has 1 aromatic rings. The van der Waals surface area contributed by atoms with Crippen LogP contribution in [0.1, 0.15) is 30.8 Å². The smallest absolute Gasteiger partial charge is 0.371 e. The number of hydrogen-bond acceptors (Lipinski definition) is 5. The van der Waals surface area contributed by atoms with Gasteiger partial charge < -0.3 is 14.3 Å². The summed E-state index contributed by atoms with van der Waals surface area (Å²) in [5, 5.41) is 8.45. The van der Waals surface area contributed by atoms with Crippen LogP contribution in [-0.4, -0.2) is 49.1 Å². The van der Waals surface area contributed by atoms with E-state index >= 15 is 0 Å². The minimum Gasteiger partial charge on any atom is -0.475 e. The molecule has 0 aliphatic carbocycles. The van der Waals surface area contributed by atoms with E-state index in [-0.39, 0.29) is 23.8 Å². The Morgan fingerprint density at radius 3 is 2.75 bits per heavy atom. The number of morpholine rings is 1. The van der Waals surface area contributed by atoms with Crippen molar-refractivity contribution in [1.82, 2.24) is 4.31 Å². The van der Waals surface area contributed by atoms with Crippen molar-refractivity contribution >= 4 is 16.0 Å². The zero-order valence-electron chi connectivity index (χ0n) is 11.3. The second-order valence-corrected chi connectivity index (χ2v) is 6.53. The first-order chi connectivity index (χ1) is 9.36. The van der Waals surface area contributed by atoms with Crippen LogP contribution in [0.25, 0.3) is 0 Å². The number of sulfonamides is 1. The number of hydrogen-bond donors (Lipinski definition) is 1. The fourth-order valence-electron chi connectivity index (χ4n) is 2.12. The van der Waals surface area contributed by atoms with Gasteiger partial charge in [-0.3, -0.25) is 0 Å². The topological polar surface area (TPSA) is 97.0 Å². The second kappa shape index (κ2) is 5.55. The predicted octanol–water partition coefficient (Wildman–Crippen LogP) is 1.17. The van der Waals surface area contributed by atoms with Gasteiger partial charge in [-0.25, -0.2) is 13.2 Å². The van der Waals surface area contributed by atoms with Crippen LogP contribution in [-0.2, 0) is 14.8 Å². The first-order valence-corrected chi connectivity index (χ1v) is 7.76. The summed E-state index contributed by atoms with van der Waals surface area (Å²) in [5.74, 6) is -1.69. The van der Waals surface area contributed by atoms with E-state index in [1.165, 1.54) is 10.4 Å². The van der Waals surface area contributed by atoms with Gasteiger partial charge in [-0.05, 0) is 25.5 Å². The van der Waals surface area contributed by atoms with E-state index in [2.05, 4.69) is 0 Å². The molecule has 1 fully saturated rings. The highest BCUT2D eigenvalue weighted by Gasteiger charge is 2.37. The molecule has 1 aliphatic rings. The molecular weight excluding hydrogens is 286 g/mol. The van der Waals surface area contributed by atoms with Crippen LogP contribution < -0.4 is 0 Å². The molecule has 0 aromatic carbocycles. The number of carbonyl (C=O) groups is 1. The van der Waals surface area contributed by atoms with Crippen LogP contribution >= 0.6 is 0 Å². The minimum atomic E-state index is -3.85. The zero-order valence-corrected chi connectivity index (χ0v) is 12.1. The lowest BCUT2D eigenvalue weighted by atomic mass is 10.2. The number of ether oxygens (including phenoxy) is 1. The summed E-state index contributed by atoms with van der Waals surface area (Å²) in [7, 11) is -3.85. The molecule has 0 radical (unpaired) electrons. The molecule has 7 nitrogen and oxygen atoms in total. The van der Waals surface area contributed by atoms with Crippen molar-refractivity contribution in [2.75, 3.05) is 13.2 Å². The lowest BCUT2D eigenvalue weighted by Gasteiger charge is -2.36. The molecule has 2 atom stereocenters. The molecule has 1 saturated heterocycles. The number of furan rings is 1. The van der Waals surface area contributed by atoms with Crippen LogP contribution in [0, 0.1) is 0 Å². The Morgan fingerprint density at radius 2 is 2.20 bits per heavy atom. The van der Waals surface area contributed by atoms with E-state index < -0.39 is 21.8 Å². The van der Waals surface area contributed by atoms with Crippen LogP contribution in [0.3, 0.4) is 0 Å². The Bertz CT molecular complexity index is 593. The van der Waals surface area contributed by atoms with Crippen molar-refractivity contribution in [3.05, 3.63) is 17.9 Å². The van der Waals surface area contributed by atoms with Gasteiger partial charge in [0.2, 0.25) is 10.9 Å². The maximum Gasteiger partial charge on any atom is 0.371 e. The minimum absolute atomic E-state index is 0.207. The number of rotatable bonds is 4. The standard InChI is InChI=1S/C12H17NO6S/c1-3-9-7-18-8(2)6-13(9)20(16,17)11-5-4-10(19-11)12(14)15/h4-5,8-9H,3,6-7H2,1-2H3,(H,14,15). The summed E-state index contributed by atoms with van der Waals surface area (Å²) in [6.45, 7) is 4.21.